The van der Waals surface area contributed by atoms with Gasteiger partial charge in [-0.05, 0) is 6.92 Å². The van der Waals surface area contributed by atoms with Crippen LogP contribution in [-0.4, -0.2) is 27.4 Å². The molecular formula is C10H12Cl2O3. The van der Waals surface area contributed by atoms with Gasteiger partial charge in [0.2, 0.25) is 0 Å². The molecule has 0 aliphatic heterocycles. The zero-order valence-electron chi connectivity index (χ0n) is 8.67. The molecule has 1 aliphatic carbocycles. The van der Waals surface area contributed by atoms with Gasteiger partial charge < -0.3 is 5.11 Å². The molecule has 5 heteroatoms. The van der Waals surface area contributed by atoms with Gasteiger partial charge in [0.15, 0.2) is 11.6 Å². The summed E-state index contributed by atoms with van der Waals surface area (Å²) >= 11 is 11.9. The van der Waals surface area contributed by atoms with E-state index in [2.05, 4.69) is 0 Å². The Bertz CT molecular complexity index is 358. The van der Waals surface area contributed by atoms with Gasteiger partial charge in [-0.15, -0.1) is 23.2 Å². The van der Waals surface area contributed by atoms with Gasteiger partial charge in [0.25, 0.3) is 0 Å². The molecule has 0 saturated heterocycles. The van der Waals surface area contributed by atoms with Crippen LogP contribution in [0.25, 0.3) is 0 Å². The van der Waals surface area contributed by atoms with Gasteiger partial charge in [-0.2, -0.15) is 0 Å². The number of rotatable bonds is 1. The SMILES string of the molecule is CC(=O)C1=C(O)[C@H](Cl)C(C)(C)[C@@H](Cl)C1=O. The molecule has 15 heavy (non-hydrogen) atoms. The number of aliphatic hydroxyl groups is 1. The molecule has 0 heterocycles. The molecule has 0 aromatic heterocycles. The molecule has 0 radical (unpaired) electrons. The quantitative estimate of drug-likeness (QED) is 0.574. The summed E-state index contributed by atoms with van der Waals surface area (Å²) in [5.41, 5.74) is -1.04. The maximum atomic E-state index is 11.7. The third-order valence-electron chi connectivity index (χ3n) is 2.63. The van der Waals surface area contributed by atoms with Crippen LogP contribution in [-0.2, 0) is 9.59 Å². The summed E-state index contributed by atoms with van der Waals surface area (Å²) in [6.45, 7) is 4.55. The molecule has 0 fully saturated rings. The Balaban J connectivity index is 3.36. The summed E-state index contributed by atoms with van der Waals surface area (Å²) in [6.07, 6.45) is 0. The van der Waals surface area contributed by atoms with Crippen molar-refractivity contribution in [2.75, 3.05) is 0 Å². The van der Waals surface area contributed by atoms with E-state index in [1.807, 2.05) is 0 Å². The predicted molar refractivity (Wildman–Crippen MR) is 58.4 cm³/mol. The van der Waals surface area contributed by atoms with E-state index in [1.165, 1.54) is 6.92 Å². The van der Waals surface area contributed by atoms with Crippen LogP contribution >= 0.6 is 23.2 Å². The fourth-order valence-corrected chi connectivity index (χ4v) is 2.09. The van der Waals surface area contributed by atoms with Gasteiger partial charge in [0.05, 0.1) is 5.38 Å². The molecule has 0 amide bonds. The molecule has 0 aromatic rings. The Morgan fingerprint density at radius 3 is 2.20 bits per heavy atom. The zero-order valence-corrected chi connectivity index (χ0v) is 10.2. The molecule has 0 spiro atoms. The topological polar surface area (TPSA) is 54.4 Å². The zero-order chi connectivity index (χ0) is 12.0. The monoisotopic (exact) mass is 250 g/mol. The van der Waals surface area contributed by atoms with E-state index in [9.17, 15) is 14.7 Å². The van der Waals surface area contributed by atoms with Crippen molar-refractivity contribution in [2.45, 2.75) is 31.5 Å². The molecular weight excluding hydrogens is 239 g/mol. The molecule has 0 bridgehead atoms. The second-order valence-corrected chi connectivity index (χ2v) is 5.10. The van der Waals surface area contributed by atoms with Gasteiger partial charge in [0.1, 0.15) is 16.7 Å². The van der Waals surface area contributed by atoms with Gasteiger partial charge in [-0.1, -0.05) is 13.8 Å². The van der Waals surface area contributed by atoms with Gasteiger partial charge in [-0.25, -0.2) is 0 Å². The molecule has 0 aromatic carbocycles. The minimum Gasteiger partial charge on any atom is -0.510 e. The summed E-state index contributed by atoms with van der Waals surface area (Å²) in [5.74, 6) is -1.43. The molecule has 3 nitrogen and oxygen atoms in total. The minimum absolute atomic E-state index is 0.269. The van der Waals surface area contributed by atoms with Crippen LogP contribution in [0, 0.1) is 5.41 Å². The highest BCUT2D eigenvalue weighted by Gasteiger charge is 2.49. The lowest BCUT2D eigenvalue weighted by Gasteiger charge is -2.37. The highest BCUT2D eigenvalue weighted by atomic mass is 35.5. The lowest BCUT2D eigenvalue weighted by molar-refractivity contribution is -0.122. The smallest absolute Gasteiger partial charge is 0.188 e. The van der Waals surface area contributed by atoms with E-state index in [1.54, 1.807) is 13.8 Å². The molecule has 0 unspecified atom stereocenters. The highest BCUT2D eigenvalue weighted by Crippen LogP contribution is 2.42. The first kappa shape index (κ1) is 12.5. The number of halogens is 2. The average Bonchev–Trinajstić information content (AvgIpc) is 2.12. The summed E-state index contributed by atoms with van der Waals surface area (Å²) in [6, 6.07) is 0. The third-order valence-corrected chi connectivity index (χ3v) is 4.16. The Kier molecular flexibility index (Phi) is 3.17. The van der Waals surface area contributed by atoms with E-state index in [-0.39, 0.29) is 11.3 Å². The van der Waals surface area contributed by atoms with Crippen LogP contribution < -0.4 is 0 Å². The van der Waals surface area contributed by atoms with Crippen LogP contribution in [0.15, 0.2) is 11.3 Å². The Morgan fingerprint density at radius 2 is 1.80 bits per heavy atom. The van der Waals surface area contributed by atoms with Gasteiger partial charge in [-0.3, -0.25) is 9.59 Å². The van der Waals surface area contributed by atoms with Crippen LogP contribution in [0.1, 0.15) is 20.8 Å². The van der Waals surface area contributed by atoms with Crippen molar-refractivity contribution in [2.24, 2.45) is 5.41 Å². The summed E-state index contributed by atoms with van der Waals surface area (Å²) < 4.78 is 0. The lowest BCUT2D eigenvalue weighted by Crippen LogP contribution is -2.46. The first-order valence-electron chi connectivity index (χ1n) is 4.47. The normalized spacial score (nSPS) is 30.6. The summed E-state index contributed by atoms with van der Waals surface area (Å²) in [7, 11) is 0. The fraction of sp³-hybridized carbons (Fsp3) is 0.600. The van der Waals surface area contributed by atoms with E-state index < -0.39 is 27.7 Å². The second kappa shape index (κ2) is 3.80. The third kappa shape index (κ3) is 1.79. The first-order valence-corrected chi connectivity index (χ1v) is 5.35. The predicted octanol–water partition coefficient (Wildman–Crippen LogP) is 2.21. The Hall–Kier alpha value is -0.540. The van der Waals surface area contributed by atoms with Gasteiger partial charge >= 0.3 is 0 Å². The van der Waals surface area contributed by atoms with E-state index >= 15 is 0 Å². The standard InChI is InChI=1S/C10H12Cl2O3/c1-4(13)5-6(14)8(11)10(2,3)9(12)7(5)15/h8-9,14H,1-3H3/t8-,9-/m0/s1. The van der Waals surface area contributed by atoms with Crippen molar-refractivity contribution in [3.63, 3.8) is 0 Å². The number of ketones is 2. The van der Waals surface area contributed by atoms with Crippen molar-refractivity contribution in [3.8, 4) is 0 Å². The summed E-state index contributed by atoms with van der Waals surface area (Å²) in [5, 5.41) is 7.96. The maximum absolute atomic E-state index is 11.7. The summed E-state index contributed by atoms with van der Waals surface area (Å²) in [4.78, 5) is 22.9. The van der Waals surface area contributed by atoms with E-state index in [0.29, 0.717) is 0 Å². The fourth-order valence-electron chi connectivity index (χ4n) is 1.55. The van der Waals surface area contributed by atoms with Crippen LogP contribution in [0.2, 0.25) is 0 Å². The molecule has 1 aliphatic rings. The molecule has 0 saturated carbocycles. The molecule has 2 atom stereocenters. The van der Waals surface area contributed by atoms with Crippen molar-refractivity contribution in [3.05, 3.63) is 11.3 Å². The maximum Gasteiger partial charge on any atom is 0.188 e. The molecule has 1 rings (SSSR count). The number of Topliss-reactive ketones (excluding diaryl/α,β-unsaturated/α-hetero) is 2. The van der Waals surface area contributed by atoms with E-state index in [4.69, 9.17) is 23.2 Å². The lowest BCUT2D eigenvalue weighted by atomic mass is 9.75. The average molecular weight is 251 g/mol. The highest BCUT2D eigenvalue weighted by molar-refractivity contribution is 6.41. The van der Waals surface area contributed by atoms with Gasteiger partial charge in [0, 0.05) is 5.41 Å². The minimum atomic E-state index is -0.894. The first-order chi connectivity index (χ1) is 6.71. The Labute approximate surface area is 98.1 Å². The largest absolute Gasteiger partial charge is 0.510 e. The molecule has 84 valence electrons. The van der Waals surface area contributed by atoms with Crippen molar-refractivity contribution in [1.29, 1.82) is 0 Å². The van der Waals surface area contributed by atoms with Crippen molar-refractivity contribution >= 4 is 34.8 Å². The molecule has 1 N–H and O–H groups in total. The number of aliphatic hydroxyl groups excluding tert-OH is 1. The van der Waals surface area contributed by atoms with Crippen LogP contribution in [0.5, 0.6) is 0 Å². The van der Waals surface area contributed by atoms with Crippen LogP contribution in [0.3, 0.4) is 0 Å². The number of carbonyl (C=O) groups excluding carboxylic acids is 2. The number of carbonyl (C=O) groups is 2. The number of allylic oxidation sites excluding steroid dienone is 2. The number of hydrogen-bond acceptors (Lipinski definition) is 3. The van der Waals surface area contributed by atoms with Crippen LogP contribution in [0.4, 0.5) is 0 Å². The van der Waals surface area contributed by atoms with Crippen molar-refractivity contribution < 1.29 is 14.7 Å². The van der Waals surface area contributed by atoms with E-state index in [0.717, 1.165) is 0 Å². The number of alkyl halides is 2. The second-order valence-electron chi connectivity index (χ2n) is 4.23. The Morgan fingerprint density at radius 1 is 1.33 bits per heavy atom. The van der Waals surface area contributed by atoms with Crippen molar-refractivity contribution in [1.82, 2.24) is 0 Å². The number of hydrogen-bond donors (Lipinski definition) is 1.